The fourth-order valence-corrected chi connectivity index (χ4v) is 0.539. The predicted molar refractivity (Wildman–Crippen MR) is 42.1 cm³/mol. The van der Waals surface area contributed by atoms with Crippen molar-refractivity contribution in [2.45, 2.75) is 34.1 Å². The molecule has 0 aliphatic heterocycles. The molecule has 0 bridgehead atoms. The van der Waals surface area contributed by atoms with Gasteiger partial charge in [0.05, 0.1) is 0 Å². The summed E-state index contributed by atoms with van der Waals surface area (Å²) in [5.41, 5.74) is 0. The average molecular weight is 125 g/mol. The van der Waals surface area contributed by atoms with Crippen LogP contribution in [0, 0.1) is 17.9 Å². The SMILES string of the molecule is CC(C)/[C]=C/CC(C)C. The molecule has 0 N–H and O–H groups in total. The number of hydrogen-bond donors (Lipinski definition) is 0. The molecule has 0 heterocycles. The molecule has 0 aliphatic rings. The summed E-state index contributed by atoms with van der Waals surface area (Å²) < 4.78 is 0. The van der Waals surface area contributed by atoms with Crippen LogP contribution in [0.4, 0.5) is 0 Å². The molecule has 53 valence electrons. The molecule has 0 heteroatoms. The third kappa shape index (κ3) is 7.74. The van der Waals surface area contributed by atoms with Gasteiger partial charge in [0.25, 0.3) is 0 Å². The van der Waals surface area contributed by atoms with Crippen LogP contribution in [-0.2, 0) is 0 Å². The first-order valence-electron chi connectivity index (χ1n) is 3.70. The minimum Gasteiger partial charge on any atom is -0.0805 e. The highest BCUT2D eigenvalue weighted by Gasteiger charge is 1.88. The zero-order chi connectivity index (χ0) is 7.28. The van der Waals surface area contributed by atoms with Crippen molar-refractivity contribution < 1.29 is 0 Å². The van der Waals surface area contributed by atoms with Gasteiger partial charge in [-0.1, -0.05) is 33.8 Å². The molecule has 0 nitrogen and oxygen atoms in total. The Hall–Kier alpha value is -0.260. The summed E-state index contributed by atoms with van der Waals surface area (Å²) in [4.78, 5) is 0. The summed E-state index contributed by atoms with van der Waals surface area (Å²) in [7, 11) is 0. The Balaban J connectivity index is 3.25. The number of allylic oxidation sites excluding steroid dienone is 2. The van der Waals surface area contributed by atoms with E-state index in [0.717, 1.165) is 12.3 Å². The highest BCUT2D eigenvalue weighted by molar-refractivity contribution is 4.76. The third-order valence-electron chi connectivity index (χ3n) is 1.04. The van der Waals surface area contributed by atoms with Gasteiger partial charge in [0.1, 0.15) is 0 Å². The van der Waals surface area contributed by atoms with E-state index in [4.69, 9.17) is 0 Å². The molecule has 1 radical (unpaired) electrons. The number of rotatable bonds is 3. The molecule has 9 heavy (non-hydrogen) atoms. The molecule has 0 saturated carbocycles. The van der Waals surface area contributed by atoms with Crippen LogP contribution in [0.15, 0.2) is 6.08 Å². The summed E-state index contributed by atoms with van der Waals surface area (Å²) in [5, 5.41) is 0. The maximum atomic E-state index is 3.25. The van der Waals surface area contributed by atoms with E-state index in [1.165, 1.54) is 0 Å². The molecule has 0 amide bonds. The Morgan fingerprint density at radius 3 is 2.11 bits per heavy atom. The van der Waals surface area contributed by atoms with Crippen molar-refractivity contribution in [3.8, 4) is 0 Å². The maximum absolute atomic E-state index is 3.25. The lowest BCUT2D eigenvalue weighted by atomic mass is 10.1. The standard InChI is InChI=1S/C9H17/c1-8(2)6-5-7-9(3)4/h5,8-9H,6H2,1-4H3. The summed E-state index contributed by atoms with van der Waals surface area (Å²) in [6.07, 6.45) is 6.56. The number of hydrogen-bond acceptors (Lipinski definition) is 0. The lowest BCUT2D eigenvalue weighted by Gasteiger charge is -1.97. The van der Waals surface area contributed by atoms with E-state index in [0.29, 0.717) is 5.92 Å². The molecule has 0 aromatic rings. The van der Waals surface area contributed by atoms with Crippen LogP contribution in [0.3, 0.4) is 0 Å². The van der Waals surface area contributed by atoms with Crippen molar-refractivity contribution in [1.82, 2.24) is 0 Å². The Labute approximate surface area is 59.0 Å². The van der Waals surface area contributed by atoms with Crippen LogP contribution in [-0.4, -0.2) is 0 Å². The molecule has 0 spiro atoms. The summed E-state index contributed by atoms with van der Waals surface area (Å²) in [5.74, 6) is 1.36. The van der Waals surface area contributed by atoms with Crippen molar-refractivity contribution in [2.24, 2.45) is 11.8 Å². The molecule has 0 saturated heterocycles. The van der Waals surface area contributed by atoms with Crippen LogP contribution < -0.4 is 0 Å². The molecule has 0 unspecified atom stereocenters. The second-order valence-corrected chi connectivity index (χ2v) is 3.16. The van der Waals surface area contributed by atoms with E-state index in [1.807, 2.05) is 0 Å². The minimum atomic E-state index is 0.587. The quantitative estimate of drug-likeness (QED) is 0.544. The zero-order valence-electron chi connectivity index (χ0n) is 6.94. The summed E-state index contributed by atoms with van der Waals surface area (Å²) in [6.45, 7) is 8.74. The van der Waals surface area contributed by atoms with Gasteiger partial charge in [0.2, 0.25) is 0 Å². The molecule has 0 atom stereocenters. The predicted octanol–water partition coefficient (Wildman–Crippen LogP) is 3.05. The van der Waals surface area contributed by atoms with E-state index in [2.05, 4.69) is 39.8 Å². The van der Waals surface area contributed by atoms with Gasteiger partial charge in [-0.3, -0.25) is 0 Å². The normalized spacial score (nSPS) is 12.2. The lowest BCUT2D eigenvalue weighted by Crippen LogP contribution is -1.84. The largest absolute Gasteiger partial charge is 0.0805 e. The van der Waals surface area contributed by atoms with Crippen molar-refractivity contribution >= 4 is 0 Å². The molecule has 0 aromatic heterocycles. The van der Waals surface area contributed by atoms with E-state index in [1.54, 1.807) is 0 Å². The molecule has 0 aromatic carbocycles. The monoisotopic (exact) mass is 125 g/mol. The van der Waals surface area contributed by atoms with Crippen LogP contribution in [0.5, 0.6) is 0 Å². The Morgan fingerprint density at radius 2 is 1.78 bits per heavy atom. The summed E-state index contributed by atoms with van der Waals surface area (Å²) in [6, 6.07) is 0. The fourth-order valence-electron chi connectivity index (χ4n) is 0.539. The van der Waals surface area contributed by atoms with Crippen molar-refractivity contribution in [2.75, 3.05) is 0 Å². The first kappa shape index (κ1) is 8.74. The first-order valence-corrected chi connectivity index (χ1v) is 3.70. The van der Waals surface area contributed by atoms with Gasteiger partial charge in [-0.15, -0.1) is 0 Å². The van der Waals surface area contributed by atoms with Gasteiger partial charge < -0.3 is 0 Å². The Bertz CT molecular complexity index is 78.0. The average Bonchev–Trinajstić information content (AvgIpc) is 1.63. The Kier molecular flexibility index (Phi) is 4.47. The highest BCUT2D eigenvalue weighted by Crippen LogP contribution is 2.01. The molecular formula is C9H17. The van der Waals surface area contributed by atoms with E-state index in [9.17, 15) is 0 Å². The fraction of sp³-hybridized carbons (Fsp3) is 0.778. The topological polar surface area (TPSA) is 0 Å². The van der Waals surface area contributed by atoms with Crippen LogP contribution in [0.25, 0.3) is 0 Å². The van der Waals surface area contributed by atoms with Gasteiger partial charge in [-0.05, 0) is 24.3 Å². The van der Waals surface area contributed by atoms with Gasteiger partial charge in [0, 0.05) is 0 Å². The van der Waals surface area contributed by atoms with Crippen LogP contribution >= 0.6 is 0 Å². The second kappa shape index (κ2) is 4.60. The summed E-state index contributed by atoms with van der Waals surface area (Å²) >= 11 is 0. The lowest BCUT2D eigenvalue weighted by molar-refractivity contribution is 0.656. The van der Waals surface area contributed by atoms with Gasteiger partial charge in [0.15, 0.2) is 0 Å². The van der Waals surface area contributed by atoms with Crippen LogP contribution in [0.2, 0.25) is 0 Å². The van der Waals surface area contributed by atoms with Gasteiger partial charge in [-0.25, -0.2) is 0 Å². The van der Waals surface area contributed by atoms with Crippen molar-refractivity contribution in [1.29, 1.82) is 0 Å². The molecular weight excluding hydrogens is 108 g/mol. The molecule has 0 aliphatic carbocycles. The van der Waals surface area contributed by atoms with Crippen molar-refractivity contribution in [3.05, 3.63) is 12.2 Å². The maximum Gasteiger partial charge on any atom is -0.0219 e. The highest BCUT2D eigenvalue weighted by atomic mass is 13.9. The van der Waals surface area contributed by atoms with E-state index < -0.39 is 0 Å². The molecule has 0 rings (SSSR count). The minimum absolute atomic E-state index is 0.587. The van der Waals surface area contributed by atoms with Crippen molar-refractivity contribution in [3.63, 3.8) is 0 Å². The molecule has 0 fully saturated rings. The third-order valence-corrected chi connectivity index (χ3v) is 1.04. The smallest absolute Gasteiger partial charge is 0.0219 e. The Morgan fingerprint density at radius 1 is 1.22 bits per heavy atom. The van der Waals surface area contributed by atoms with Crippen LogP contribution in [0.1, 0.15) is 34.1 Å². The van der Waals surface area contributed by atoms with E-state index >= 15 is 0 Å². The van der Waals surface area contributed by atoms with Gasteiger partial charge in [-0.2, -0.15) is 0 Å². The van der Waals surface area contributed by atoms with Gasteiger partial charge >= 0.3 is 0 Å². The second-order valence-electron chi connectivity index (χ2n) is 3.16. The first-order chi connectivity index (χ1) is 4.13. The zero-order valence-corrected chi connectivity index (χ0v) is 6.94. The van der Waals surface area contributed by atoms with E-state index in [-0.39, 0.29) is 0 Å².